The lowest BCUT2D eigenvalue weighted by molar-refractivity contribution is -0.122. The third kappa shape index (κ3) is 3.54. The van der Waals surface area contributed by atoms with Crippen molar-refractivity contribution in [3.8, 4) is 5.75 Å². The Morgan fingerprint density at radius 3 is 2.29 bits per heavy atom. The van der Waals surface area contributed by atoms with Crippen LogP contribution in [0, 0.1) is 11.8 Å². The molecule has 0 spiro atoms. The summed E-state index contributed by atoms with van der Waals surface area (Å²) in [6.45, 7) is -0.141. The van der Waals surface area contributed by atoms with Crippen LogP contribution in [0.15, 0.2) is 48.5 Å². The number of carbonyl (C=O) groups excluding carboxylic acids is 3. The molecule has 1 aliphatic carbocycles. The minimum Gasteiger partial charge on any atom is -0.485 e. The van der Waals surface area contributed by atoms with E-state index in [9.17, 15) is 14.4 Å². The molecule has 2 amide bonds. The minimum absolute atomic E-state index is 0.121. The highest BCUT2D eigenvalue weighted by molar-refractivity contribution is 6.30. The molecule has 2 atom stereocenters. The zero-order valence-electron chi connectivity index (χ0n) is 15.3. The maximum atomic E-state index is 12.7. The maximum Gasteiger partial charge on any atom is 0.237 e. The summed E-state index contributed by atoms with van der Waals surface area (Å²) in [4.78, 5) is 39.0. The number of benzene rings is 2. The highest BCUT2D eigenvalue weighted by atomic mass is 35.5. The van der Waals surface area contributed by atoms with Gasteiger partial charge in [-0.3, -0.25) is 14.4 Å². The number of fused-ring (bicyclic) bond motifs is 1. The summed E-state index contributed by atoms with van der Waals surface area (Å²) in [7, 11) is 0. The molecule has 0 unspecified atom stereocenters. The number of carbonyl (C=O) groups is 3. The number of ether oxygens (including phenoxy) is 1. The van der Waals surface area contributed by atoms with Gasteiger partial charge < -0.3 is 4.74 Å². The second-order valence-electron chi connectivity index (χ2n) is 7.23. The van der Waals surface area contributed by atoms with Crippen molar-refractivity contribution in [1.29, 1.82) is 0 Å². The molecule has 0 bridgehead atoms. The van der Waals surface area contributed by atoms with Crippen molar-refractivity contribution >= 4 is 34.9 Å². The van der Waals surface area contributed by atoms with E-state index in [4.69, 9.17) is 16.3 Å². The summed E-state index contributed by atoms with van der Waals surface area (Å²) in [5.41, 5.74) is 1.01. The molecule has 2 aromatic rings. The van der Waals surface area contributed by atoms with Crippen LogP contribution >= 0.6 is 11.6 Å². The molecule has 2 aromatic carbocycles. The molecule has 4 rings (SSSR count). The Labute approximate surface area is 168 Å². The van der Waals surface area contributed by atoms with E-state index >= 15 is 0 Å². The van der Waals surface area contributed by atoms with Crippen LogP contribution in [0.5, 0.6) is 5.75 Å². The Balaban J connectivity index is 1.47. The molecule has 2 aliphatic rings. The molecule has 144 valence electrons. The van der Waals surface area contributed by atoms with Gasteiger partial charge in [0.05, 0.1) is 17.5 Å². The van der Waals surface area contributed by atoms with E-state index in [2.05, 4.69) is 0 Å². The summed E-state index contributed by atoms with van der Waals surface area (Å²) in [6.07, 6.45) is 3.53. The van der Waals surface area contributed by atoms with Crippen molar-refractivity contribution in [2.75, 3.05) is 11.5 Å². The summed E-state index contributed by atoms with van der Waals surface area (Å²) in [5, 5.41) is 0.561. The normalized spacial score (nSPS) is 21.5. The predicted octanol–water partition coefficient (Wildman–Crippen LogP) is 4.28. The van der Waals surface area contributed by atoms with Crippen LogP contribution in [0.2, 0.25) is 5.02 Å². The van der Waals surface area contributed by atoms with Gasteiger partial charge in [0.2, 0.25) is 11.8 Å². The Hall–Kier alpha value is -2.66. The molecular formula is C22H20ClNO4. The van der Waals surface area contributed by atoms with Gasteiger partial charge in [0, 0.05) is 16.7 Å². The second kappa shape index (κ2) is 7.76. The highest BCUT2D eigenvalue weighted by Crippen LogP contribution is 2.40. The zero-order valence-corrected chi connectivity index (χ0v) is 16.0. The van der Waals surface area contributed by atoms with Crippen LogP contribution in [-0.4, -0.2) is 24.2 Å². The number of rotatable bonds is 5. The van der Waals surface area contributed by atoms with Crippen molar-refractivity contribution < 1.29 is 19.1 Å². The fraction of sp³-hybridized carbons (Fsp3) is 0.318. The number of hydrogen-bond acceptors (Lipinski definition) is 4. The Kier molecular flexibility index (Phi) is 5.18. The predicted molar refractivity (Wildman–Crippen MR) is 106 cm³/mol. The van der Waals surface area contributed by atoms with Gasteiger partial charge in [0.15, 0.2) is 12.4 Å². The number of imide groups is 1. The van der Waals surface area contributed by atoms with Crippen molar-refractivity contribution in [2.24, 2.45) is 11.8 Å². The van der Waals surface area contributed by atoms with Gasteiger partial charge in [0.25, 0.3) is 0 Å². The van der Waals surface area contributed by atoms with Crippen LogP contribution < -0.4 is 9.64 Å². The second-order valence-corrected chi connectivity index (χ2v) is 7.66. The summed E-state index contributed by atoms with van der Waals surface area (Å²) in [5.74, 6) is -0.375. The van der Waals surface area contributed by atoms with Crippen LogP contribution in [-0.2, 0) is 9.59 Å². The first kappa shape index (κ1) is 18.7. The molecule has 1 heterocycles. The van der Waals surface area contributed by atoms with Crippen LogP contribution in [0.4, 0.5) is 5.69 Å². The Morgan fingerprint density at radius 2 is 1.64 bits per heavy atom. The van der Waals surface area contributed by atoms with Gasteiger partial charge >= 0.3 is 0 Å². The van der Waals surface area contributed by atoms with Gasteiger partial charge in [-0.1, -0.05) is 30.5 Å². The molecule has 28 heavy (non-hydrogen) atoms. The summed E-state index contributed by atoms with van der Waals surface area (Å²) < 4.78 is 5.61. The van der Waals surface area contributed by atoms with E-state index < -0.39 is 0 Å². The molecule has 1 aliphatic heterocycles. The number of amides is 2. The number of nitrogens with zero attached hydrogens (tertiary/aromatic N) is 1. The van der Waals surface area contributed by atoms with Crippen LogP contribution in [0.3, 0.4) is 0 Å². The fourth-order valence-electron chi connectivity index (χ4n) is 4.00. The summed E-state index contributed by atoms with van der Waals surface area (Å²) >= 11 is 5.84. The van der Waals surface area contributed by atoms with Crippen molar-refractivity contribution in [1.82, 2.24) is 0 Å². The Bertz CT molecular complexity index is 900. The number of anilines is 1. The molecule has 0 N–H and O–H groups in total. The first-order chi connectivity index (χ1) is 13.5. The largest absolute Gasteiger partial charge is 0.485 e. The van der Waals surface area contributed by atoms with Crippen LogP contribution in [0.1, 0.15) is 36.0 Å². The number of Topliss-reactive ketones (excluding diaryl/α,β-unsaturated/α-hetero) is 1. The van der Waals surface area contributed by atoms with Crippen molar-refractivity contribution in [3.63, 3.8) is 0 Å². The smallest absolute Gasteiger partial charge is 0.237 e. The molecular weight excluding hydrogens is 378 g/mol. The first-order valence-electron chi connectivity index (χ1n) is 9.44. The number of ketones is 1. The summed E-state index contributed by atoms with van der Waals surface area (Å²) in [6, 6.07) is 13.4. The number of hydrogen-bond donors (Lipinski definition) is 0. The van der Waals surface area contributed by atoms with E-state index in [1.807, 2.05) is 0 Å². The van der Waals surface area contributed by atoms with Crippen molar-refractivity contribution in [2.45, 2.75) is 25.7 Å². The Morgan fingerprint density at radius 1 is 1.00 bits per heavy atom. The van der Waals surface area contributed by atoms with E-state index in [0.717, 1.165) is 25.7 Å². The topological polar surface area (TPSA) is 63.7 Å². The molecule has 0 aromatic heterocycles. The monoisotopic (exact) mass is 397 g/mol. The SMILES string of the molecule is O=C(COc1cccc(N2C(=O)[C@H]3CCCC[C@H]3C2=O)c1)c1ccc(Cl)cc1. The lowest BCUT2D eigenvalue weighted by atomic mass is 9.81. The lowest BCUT2D eigenvalue weighted by Gasteiger charge is -2.19. The molecule has 0 radical (unpaired) electrons. The zero-order chi connectivity index (χ0) is 19.7. The lowest BCUT2D eigenvalue weighted by Crippen LogP contribution is -2.30. The molecule has 1 saturated heterocycles. The van der Waals surface area contributed by atoms with E-state index in [-0.39, 0.29) is 36.0 Å². The van der Waals surface area contributed by atoms with Crippen LogP contribution in [0.25, 0.3) is 0 Å². The fourth-order valence-corrected chi connectivity index (χ4v) is 4.12. The third-order valence-corrected chi connectivity index (χ3v) is 5.71. The molecule has 2 fully saturated rings. The highest BCUT2D eigenvalue weighted by Gasteiger charge is 2.48. The van der Waals surface area contributed by atoms with E-state index in [1.165, 1.54) is 4.90 Å². The molecule has 6 heteroatoms. The standard InChI is InChI=1S/C22H20ClNO4/c23-15-10-8-14(9-11-15)20(25)13-28-17-5-3-4-16(12-17)24-21(26)18-6-1-2-7-19(18)22(24)27/h3-5,8-12,18-19H,1-2,6-7,13H2/t18-,19+. The average Bonchev–Trinajstić information content (AvgIpc) is 2.98. The van der Waals surface area contributed by atoms with E-state index in [0.29, 0.717) is 22.0 Å². The van der Waals surface area contributed by atoms with Gasteiger partial charge in [-0.05, 0) is 49.2 Å². The maximum absolute atomic E-state index is 12.7. The van der Waals surface area contributed by atoms with Gasteiger partial charge in [0.1, 0.15) is 5.75 Å². The molecule has 1 saturated carbocycles. The third-order valence-electron chi connectivity index (χ3n) is 5.45. The minimum atomic E-state index is -0.197. The quantitative estimate of drug-likeness (QED) is 0.558. The molecule has 5 nitrogen and oxygen atoms in total. The van der Waals surface area contributed by atoms with Gasteiger partial charge in [-0.15, -0.1) is 0 Å². The van der Waals surface area contributed by atoms with Gasteiger partial charge in [-0.2, -0.15) is 0 Å². The first-order valence-corrected chi connectivity index (χ1v) is 9.82. The van der Waals surface area contributed by atoms with Crippen molar-refractivity contribution in [3.05, 3.63) is 59.1 Å². The number of halogens is 1. The van der Waals surface area contributed by atoms with E-state index in [1.54, 1.807) is 48.5 Å². The average molecular weight is 398 g/mol. The van der Waals surface area contributed by atoms with Gasteiger partial charge in [-0.25, -0.2) is 4.90 Å².